The van der Waals surface area contributed by atoms with Gasteiger partial charge in [-0.25, -0.2) is 4.98 Å². The molecule has 0 aliphatic heterocycles. The molecule has 0 radical (unpaired) electrons. The molecule has 0 atom stereocenters. The van der Waals surface area contributed by atoms with Gasteiger partial charge in [0.15, 0.2) is 0 Å². The third-order valence-corrected chi connectivity index (χ3v) is 3.32. The molecule has 0 aliphatic carbocycles. The molecule has 1 aromatic carbocycles. The number of benzene rings is 1. The fraction of sp³-hybridized carbons (Fsp3) is 0.0909. The second-order valence-corrected chi connectivity index (χ2v) is 4.34. The van der Waals surface area contributed by atoms with Crippen LogP contribution in [0.15, 0.2) is 29.6 Å². The summed E-state index contributed by atoms with van der Waals surface area (Å²) in [6.07, 6.45) is 0. The van der Waals surface area contributed by atoms with Gasteiger partial charge in [0.05, 0.1) is 11.6 Å². The number of carbonyl (C=O) groups excluding carboxylic acids is 1. The SMILES string of the molecule is NC(=O)c1ccc(-c2nc(CCl)cs2)cc1. The van der Waals surface area contributed by atoms with Gasteiger partial charge in [-0.2, -0.15) is 0 Å². The molecule has 82 valence electrons. The molecule has 1 aromatic heterocycles. The predicted molar refractivity (Wildman–Crippen MR) is 65.6 cm³/mol. The van der Waals surface area contributed by atoms with E-state index < -0.39 is 5.91 Å². The highest BCUT2D eigenvalue weighted by molar-refractivity contribution is 7.13. The number of thiazole rings is 1. The van der Waals surface area contributed by atoms with Crippen LogP contribution in [0.25, 0.3) is 10.6 Å². The van der Waals surface area contributed by atoms with Gasteiger partial charge in [0.25, 0.3) is 0 Å². The molecule has 16 heavy (non-hydrogen) atoms. The molecule has 2 rings (SSSR count). The monoisotopic (exact) mass is 252 g/mol. The predicted octanol–water partition coefficient (Wildman–Crippen LogP) is 2.65. The normalized spacial score (nSPS) is 10.3. The van der Waals surface area contributed by atoms with Crippen molar-refractivity contribution in [3.8, 4) is 10.6 Å². The van der Waals surface area contributed by atoms with Gasteiger partial charge in [-0.1, -0.05) is 12.1 Å². The molecule has 0 saturated carbocycles. The number of primary amides is 1. The van der Waals surface area contributed by atoms with E-state index in [1.165, 1.54) is 11.3 Å². The number of halogens is 1. The lowest BCUT2D eigenvalue weighted by atomic mass is 10.1. The van der Waals surface area contributed by atoms with Gasteiger partial charge < -0.3 is 5.73 Å². The van der Waals surface area contributed by atoms with Crippen LogP contribution in [0.1, 0.15) is 16.1 Å². The van der Waals surface area contributed by atoms with E-state index in [0.29, 0.717) is 11.4 Å². The number of nitrogens with two attached hydrogens (primary N) is 1. The third kappa shape index (κ3) is 2.23. The summed E-state index contributed by atoms with van der Waals surface area (Å²) in [5.74, 6) is -0.0114. The summed E-state index contributed by atoms with van der Waals surface area (Å²) in [7, 11) is 0. The second kappa shape index (κ2) is 4.63. The molecule has 0 bridgehead atoms. The van der Waals surface area contributed by atoms with Gasteiger partial charge in [0.1, 0.15) is 5.01 Å². The maximum absolute atomic E-state index is 10.9. The molecule has 0 unspecified atom stereocenters. The molecule has 3 nitrogen and oxygen atoms in total. The standard InChI is InChI=1S/C11H9ClN2OS/c12-5-9-6-16-11(14-9)8-3-1-7(2-4-8)10(13)15/h1-4,6H,5H2,(H2,13,15). The number of hydrogen-bond donors (Lipinski definition) is 1. The Bertz CT molecular complexity index is 507. The van der Waals surface area contributed by atoms with E-state index in [2.05, 4.69) is 4.98 Å². The van der Waals surface area contributed by atoms with E-state index in [0.717, 1.165) is 16.3 Å². The lowest BCUT2D eigenvalue weighted by Gasteiger charge is -1.97. The Morgan fingerprint density at radius 3 is 2.56 bits per heavy atom. The Morgan fingerprint density at radius 2 is 2.06 bits per heavy atom. The van der Waals surface area contributed by atoms with Crippen LogP contribution in [0.4, 0.5) is 0 Å². The van der Waals surface area contributed by atoms with Crippen LogP contribution in [-0.2, 0) is 5.88 Å². The summed E-state index contributed by atoms with van der Waals surface area (Å²) in [6.45, 7) is 0. The minimum atomic E-state index is -0.424. The molecule has 2 aromatic rings. The lowest BCUT2D eigenvalue weighted by molar-refractivity contribution is 0.100. The molecule has 5 heteroatoms. The average Bonchev–Trinajstić information content (AvgIpc) is 2.77. The maximum atomic E-state index is 10.9. The summed E-state index contributed by atoms with van der Waals surface area (Å²) in [5.41, 5.74) is 7.48. The molecule has 1 amide bonds. The molecule has 0 aliphatic rings. The summed E-state index contributed by atoms with van der Waals surface area (Å²) < 4.78 is 0. The Balaban J connectivity index is 2.30. The van der Waals surface area contributed by atoms with Crippen molar-refractivity contribution in [3.63, 3.8) is 0 Å². The Kier molecular flexibility index (Phi) is 3.22. The highest BCUT2D eigenvalue weighted by atomic mass is 35.5. The highest BCUT2D eigenvalue weighted by Gasteiger charge is 2.05. The van der Waals surface area contributed by atoms with Crippen LogP contribution in [-0.4, -0.2) is 10.9 Å². The van der Waals surface area contributed by atoms with Crippen molar-refractivity contribution in [1.82, 2.24) is 4.98 Å². The van der Waals surface area contributed by atoms with Crippen molar-refractivity contribution >= 4 is 28.8 Å². The van der Waals surface area contributed by atoms with E-state index in [9.17, 15) is 4.79 Å². The highest BCUT2D eigenvalue weighted by Crippen LogP contribution is 2.24. The molecule has 0 saturated heterocycles. The van der Waals surface area contributed by atoms with E-state index >= 15 is 0 Å². The summed E-state index contributed by atoms with van der Waals surface area (Å²) in [6, 6.07) is 7.05. The van der Waals surface area contributed by atoms with Gasteiger partial charge in [0.2, 0.25) is 5.91 Å². The van der Waals surface area contributed by atoms with Crippen LogP contribution in [0.5, 0.6) is 0 Å². The lowest BCUT2D eigenvalue weighted by Crippen LogP contribution is -2.10. The van der Waals surface area contributed by atoms with Crippen molar-refractivity contribution < 1.29 is 4.79 Å². The molecular formula is C11H9ClN2OS. The number of aromatic nitrogens is 1. The first-order valence-electron chi connectivity index (χ1n) is 4.61. The molecule has 0 fully saturated rings. The quantitative estimate of drug-likeness (QED) is 0.854. The van der Waals surface area contributed by atoms with Crippen molar-refractivity contribution in [3.05, 3.63) is 40.9 Å². The third-order valence-electron chi connectivity index (χ3n) is 2.11. The fourth-order valence-corrected chi connectivity index (χ4v) is 2.33. The van der Waals surface area contributed by atoms with Gasteiger partial charge >= 0.3 is 0 Å². The van der Waals surface area contributed by atoms with Gasteiger partial charge in [-0.05, 0) is 12.1 Å². The van der Waals surface area contributed by atoms with Crippen LogP contribution < -0.4 is 5.73 Å². The summed E-state index contributed by atoms with van der Waals surface area (Å²) >= 11 is 7.21. The largest absolute Gasteiger partial charge is 0.366 e. The number of nitrogens with zero attached hydrogens (tertiary/aromatic N) is 1. The van der Waals surface area contributed by atoms with Crippen molar-refractivity contribution in [2.45, 2.75) is 5.88 Å². The van der Waals surface area contributed by atoms with E-state index in [4.69, 9.17) is 17.3 Å². The number of alkyl halides is 1. The molecule has 1 heterocycles. The first-order valence-corrected chi connectivity index (χ1v) is 6.02. The summed E-state index contributed by atoms with van der Waals surface area (Å²) in [4.78, 5) is 15.2. The van der Waals surface area contributed by atoms with Crippen molar-refractivity contribution in [1.29, 1.82) is 0 Å². The summed E-state index contributed by atoms with van der Waals surface area (Å²) in [5, 5.41) is 2.82. The van der Waals surface area contributed by atoms with E-state index in [-0.39, 0.29) is 0 Å². The minimum Gasteiger partial charge on any atom is -0.366 e. The van der Waals surface area contributed by atoms with Crippen LogP contribution >= 0.6 is 22.9 Å². The Morgan fingerprint density at radius 1 is 1.38 bits per heavy atom. The average molecular weight is 253 g/mol. The second-order valence-electron chi connectivity index (χ2n) is 3.22. The van der Waals surface area contributed by atoms with Crippen molar-refractivity contribution in [2.75, 3.05) is 0 Å². The number of hydrogen-bond acceptors (Lipinski definition) is 3. The first kappa shape index (κ1) is 11.1. The van der Waals surface area contributed by atoms with Crippen molar-refractivity contribution in [2.24, 2.45) is 5.73 Å². The van der Waals surface area contributed by atoms with Crippen LogP contribution in [0.3, 0.4) is 0 Å². The zero-order valence-electron chi connectivity index (χ0n) is 8.31. The number of carbonyl (C=O) groups is 1. The number of rotatable bonds is 3. The number of amides is 1. The van der Waals surface area contributed by atoms with Crippen LogP contribution in [0, 0.1) is 0 Å². The minimum absolute atomic E-state index is 0.413. The van der Waals surface area contributed by atoms with E-state index in [1.807, 2.05) is 17.5 Å². The molecule has 0 spiro atoms. The molecule has 2 N–H and O–H groups in total. The zero-order chi connectivity index (χ0) is 11.5. The zero-order valence-corrected chi connectivity index (χ0v) is 9.89. The van der Waals surface area contributed by atoms with Gasteiger partial charge in [0, 0.05) is 16.5 Å². The van der Waals surface area contributed by atoms with E-state index in [1.54, 1.807) is 12.1 Å². The topological polar surface area (TPSA) is 56.0 Å². The van der Waals surface area contributed by atoms with Crippen LogP contribution in [0.2, 0.25) is 0 Å². The fourth-order valence-electron chi connectivity index (χ4n) is 1.28. The molecular weight excluding hydrogens is 244 g/mol. The smallest absolute Gasteiger partial charge is 0.248 e. The Hall–Kier alpha value is -1.39. The van der Waals surface area contributed by atoms with Gasteiger partial charge in [-0.3, -0.25) is 4.79 Å². The first-order chi connectivity index (χ1) is 7.70. The van der Waals surface area contributed by atoms with Gasteiger partial charge in [-0.15, -0.1) is 22.9 Å². The maximum Gasteiger partial charge on any atom is 0.248 e. The Labute approximate surface area is 102 Å².